The zero-order valence-electron chi connectivity index (χ0n) is 8.78. The maximum atomic E-state index is 12.6. The molecule has 0 unspecified atom stereocenters. The van der Waals surface area contributed by atoms with Crippen LogP contribution in [-0.4, -0.2) is 24.0 Å². The van der Waals surface area contributed by atoms with Gasteiger partial charge in [0.15, 0.2) is 0 Å². The molecule has 0 radical (unpaired) electrons. The lowest BCUT2D eigenvalue weighted by atomic mass is 10.1. The molecule has 3 nitrogen and oxygen atoms in total. The van der Waals surface area contributed by atoms with Gasteiger partial charge < -0.3 is 0 Å². The minimum Gasteiger partial charge on any atom is -0.278 e. The predicted octanol–water partition coefficient (Wildman–Crippen LogP) is 1.53. The van der Waals surface area contributed by atoms with Gasteiger partial charge in [0.05, 0.1) is 6.42 Å². The van der Waals surface area contributed by atoms with Gasteiger partial charge in [-0.2, -0.15) is 0 Å². The number of nitrogens with zero attached hydrogens (tertiary/aromatic N) is 1. The highest BCUT2D eigenvalue weighted by molar-refractivity contribution is 5.85. The van der Waals surface area contributed by atoms with Crippen LogP contribution in [0.2, 0.25) is 0 Å². The molecule has 1 saturated heterocycles. The van der Waals surface area contributed by atoms with Crippen molar-refractivity contribution in [1.82, 2.24) is 10.4 Å². The standard InChI is InChI=1S/C11H13FN2O.ClH/c12-10-4-2-9(3-5-10)8-11(15)14-7-1-6-13-14;/h2-5,13H,1,6-8H2;1H. The maximum Gasteiger partial charge on any atom is 0.241 e. The van der Waals surface area contributed by atoms with Crippen molar-refractivity contribution >= 4 is 18.3 Å². The first kappa shape index (κ1) is 12.9. The highest BCUT2D eigenvalue weighted by Crippen LogP contribution is 2.06. The second kappa shape index (κ2) is 5.82. The molecule has 1 aliphatic heterocycles. The Morgan fingerprint density at radius 2 is 2.06 bits per heavy atom. The molecular formula is C11H14ClFN2O. The molecule has 0 bridgehead atoms. The van der Waals surface area contributed by atoms with E-state index in [-0.39, 0.29) is 24.1 Å². The van der Waals surface area contributed by atoms with E-state index in [4.69, 9.17) is 0 Å². The topological polar surface area (TPSA) is 32.3 Å². The second-order valence-corrected chi connectivity index (χ2v) is 3.61. The third-order valence-electron chi connectivity index (χ3n) is 2.43. The molecule has 2 rings (SSSR count). The van der Waals surface area contributed by atoms with E-state index >= 15 is 0 Å². The van der Waals surface area contributed by atoms with E-state index in [0.717, 1.165) is 25.1 Å². The van der Waals surface area contributed by atoms with E-state index in [2.05, 4.69) is 5.43 Å². The van der Waals surface area contributed by atoms with Crippen molar-refractivity contribution in [2.75, 3.05) is 13.1 Å². The zero-order chi connectivity index (χ0) is 10.7. The van der Waals surface area contributed by atoms with Gasteiger partial charge in [0.2, 0.25) is 5.91 Å². The van der Waals surface area contributed by atoms with Crippen LogP contribution in [0.5, 0.6) is 0 Å². The van der Waals surface area contributed by atoms with E-state index in [9.17, 15) is 9.18 Å². The number of halogens is 2. The monoisotopic (exact) mass is 244 g/mol. The van der Waals surface area contributed by atoms with Crippen LogP contribution in [0.3, 0.4) is 0 Å². The second-order valence-electron chi connectivity index (χ2n) is 3.61. The molecule has 0 spiro atoms. The summed E-state index contributed by atoms with van der Waals surface area (Å²) >= 11 is 0. The van der Waals surface area contributed by atoms with Gasteiger partial charge in [-0.1, -0.05) is 12.1 Å². The number of nitrogens with one attached hydrogen (secondary N) is 1. The van der Waals surface area contributed by atoms with Crippen LogP contribution in [0.1, 0.15) is 12.0 Å². The summed E-state index contributed by atoms with van der Waals surface area (Å²) in [5.41, 5.74) is 3.84. The first-order valence-corrected chi connectivity index (χ1v) is 5.04. The minimum absolute atomic E-state index is 0. The molecule has 1 aliphatic rings. The summed E-state index contributed by atoms with van der Waals surface area (Å²) in [4.78, 5) is 11.7. The van der Waals surface area contributed by atoms with E-state index in [1.54, 1.807) is 17.1 Å². The molecule has 1 aromatic carbocycles. The SMILES string of the molecule is Cl.O=C(Cc1ccc(F)cc1)N1CCCN1. The summed E-state index contributed by atoms with van der Waals surface area (Å²) in [7, 11) is 0. The molecule has 0 aliphatic carbocycles. The Balaban J connectivity index is 0.00000128. The Kier molecular flexibility index (Phi) is 4.71. The van der Waals surface area contributed by atoms with E-state index < -0.39 is 0 Å². The Hall–Kier alpha value is -1.13. The van der Waals surface area contributed by atoms with Crippen LogP contribution >= 0.6 is 12.4 Å². The van der Waals surface area contributed by atoms with Crippen molar-refractivity contribution in [2.45, 2.75) is 12.8 Å². The number of carbonyl (C=O) groups is 1. The number of hydrogen-bond donors (Lipinski definition) is 1. The average Bonchev–Trinajstić information content (AvgIpc) is 2.74. The molecule has 5 heteroatoms. The van der Waals surface area contributed by atoms with Gasteiger partial charge >= 0.3 is 0 Å². The first-order valence-electron chi connectivity index (χ1n) is 5.04. The van der Waals surface area contributed by atoms with Crippen molar-refractivity contribution in [3.8, 4) is 0 Å². The van der Waals surface area contributed by atoms with Crippen molar-refractivity contribution in [1.29, 1.82) is 0 Å². The van der Waals surface area contributed by atoms with E-state index in [0.29, 0.717) is 6.42 Å². The van der Waals surface area contributed by atoms with Gasteiger partial charge in [-0.05, 0) is 24.1 Å². The lowest BCUT2D eigenvalue weighted by Gasteiger charge is -2.15. The van der Waals surface area contributed by atoms with Gasteiger partial charge in [0.25, 0.3) is 0 Å². The lowest BCUT2D eigenvalue weighted by Crippen LogP contribution is -2.37. The summed E-state index contributed by atoms with van der Waals surface area (Å²) in [6.07, 6.45) is 1.32. The number of hydrogen-bond acceptors (Lipinski definition) is 2. The Morgan fingerprint density at radius 3 is 2.62 bits per heavy atom. The average molecular weight is 245 g/mol. The molecule has 0 saturated carbocycles. The van der Waals surface area contributed by atoms with Gasteiger partial charge in [0.1, 0.15) is 5.82 Å². The number of carbonyl (C=O) groups excluding carboxylic acids is 1. The largest absolute Gasteiger partial charge is 0.278 e. The Labute approximate surface area is 100 Å². The van der Waals surface area contributed by atoms with Gasteiger partial charge in [-0.3, -0.25) is 9.80 Å². The van der Waals surface area contributed by atoms with Gasteiger partial charge in [0, 0.05) is 13.1 Å². The van der Waals surface area contributed by atoms with Crippen molar-refractivity contribution < 1.29 is 9.18 Å². The van der Waals surface area contributed by atoms with E-state index in [1.807, 2.05) is 0 Å². The fraction of sp³-hybridized carbons (Fsp3) is 0.364. The van der Waals surface area contributed by atoms with Crippen molar-refractivity contribution in [3.63, 3.8) is 0 Å². The third kappa shape index (κ3) is 3.18. The molecule has 0 aromatic heterocycles. The summed E-state index contributed by atoms with van der Waals surface area (Å²) in [5, 5.41) is 1.63. The molecule has 1 N–H and O–H groups in total. The maximum absolute atomic E-state index is 12.6. The molecule has 1 amide bonds. The van der Waals surface area contributed by atoms with Crippen LogP contribution in [0.4, 0.5) is 4.39 Å². The third-order valence-corrected chi connectivity index (χ3v) is 2.43. The van der Waals surface area contributed by atoms with Crippen LogP contribution in [0, 0.1) is 5.82 Å². The van der Waals surface area contributed by atoms with Crippen LogP contribution < -0.4 is 5.43 Å². The fourth-order valence-corrected chi connectivity index (χ4v) is 1.62. The van der Waals surface area contributed by atoms with Crippen LogP contribution in [-0.2, 0) is 11.2 Å². The number of hydrazine groups is 1. The lowest BCUT2D eigenvalue weighted by molar-refractivity contribution is -0.131. The summed E-state index contributed by atoms with van der Waals surface area (Å²) in [6.45, 7) is 1.62. The molecule has 1 fully saturated rings. The van der Waals surface area contributed by atoms with Crippen molar-refractivity contribution in [2.24, 2.45) is 0 Å². The van der Waals surface area contributed by atoms with Crippen molar-refractivity contribution in [3.05, 3.63) is 35.6 Å². The number of rotatable bonds is 2. The molecular weight excluding hydrogens is 231 g/mol. The highest BCUT2D eigenvalue weighted by Gasteiger charge is 2.17. The summed E-state index contributed by atoms with van der Waals surface area (Å²) in [5.74, 6) is -0.232. The fourth-order valence-electron chi connectivity index (χ4n) is 1.62. The molecule has 88 valence electrons. The molecule has 1 heterocycles. The molecule has 1 aromatic rings. The Morgan fingerprint density at radius 1 is 1.38 bits per heavy atom. The highest BCUT2D eigenvalue weighted by atomic mass is 35.5. The predicted molar refractivity (Wildman–Crippen MR) is 61.7 cm³/mol. The molecule has 16 heavy (non-hydrogen) atoms. The first-order chi connectivity index (χ1) is 7.25. The van der Waals surface area contributed by atoms with Gasteiger partial charge in [-0.15, -0.1) is 12.4 Å². The zero-order valence-corrected chi connectivity index (χ0v) is 9.60. The van der Waals surface area contributed by atoms with Crippen LogP contribution in [0.25, 0.3) is 0 Å². The summed E-state index contributed by atoms with van der Waals surface area (Å²) < 4.78 is 12.6. The Bertz CT molecular complexity index is 350. The number of benzene rings is 1. The number of amides is 1. The van der Waals surface area contributed by atoms with E-state index in [1.165, 1.54) is 12.1 Å². The van der Waals surface area contributed by atoms with Gasteiger partial charge in [-0.25, -0.2) is 9.82 Å². The summed E-state index contributed by atoms with van der Waals surface area (Å²) in [6, 6.07) is 6.03. The normalized spacial score (nSPS) is 14.7. The quantitative estimate of drug-likeness (QED) is 0.856. The molecule has 0 atom stereocenters. The minimum atomic E-state index is -0.273. The van der Waals surface area contributed by atoms with Crippen LogP contribution in [0.15, 0.2) is 24.3 Å². The smallest absolute Gasteiger partial charge is 0.241 e.